The van der Waals surface area contributed by atoms with Crippen LogP contribution in [0.4, 0.5) is 5.69 Å². The van der Waals surface area contributed by atoms with Crippen LogP contribution in [-0.2, 0) is 19.6 Å². The Morgan fingerprint density at radius 2 is 2.05 bits per heavy atom. The van der Waals surface area contributed by atoms with E-state index in [0.717, 1.165) is 0 Å². The lowest BCUT2D eigenvalue weighted by Crippen LogP contribution is -2.22. The molecule has 0 fully saturated rings. The maximum Gasteiger partial charge on any atom is 0.338 e. The van der Waals surface area contributed by atoms with E-state index in [1.165, 1.54) is 18.2 Å². The van der Waals surface area contributed by atoms with Gasteiger partial charge in [-0.2, -0.15) is 0 Å². The van der Waals surface area contributed by atoms with Crippen molar-refractivity contribution >= 4 is 43.6 Å². The van der Waals surface area contributed by atoms with E-state index >= 15 is 0 Å². The van der Waals surface area contributed by atoms with Gasteiger partial charge in [-0.05, 0) is 41.1 Å². The van der Waals surface area contributed by atoms with Gasteiger partial charge in [0, 0.05) is 4.47 Å². The third-order valence-electron chi connectivity index (χ3n) is 2.06. The fraction of sp³-hybridized carbons (Fsp3) is 0.273. The number of sulfonamides is 1. The standard InChI is InChI=1S/C11H12BrNO6S/c1-2-19-11(16)7-3-4-9(8(12)5-7)13-20(17,18)6-10(14)15/h3-5,13H,2,6H2,1H3,(H,14,15). The van der Waals surface area contributed by atoms with Crippen LogP contribution in [0.5, 0.6) is 0 Å². The molecule has 0 spiro atoms. The van der Waals surface area contributed by atoms with E-state index in [2.05, 4.69) is 20.7 Å². The van der Waals surface area contributed by atoms with Crippen molar-refractivity contribution in [2.75, 3.05) is 17.1 Å². The molecule has 0 aliphatic heterocycles. The summed E-state index contributed by atoms with van der Waals surface area (Å²) < 4.78 is 30.2. The average Bonchev–Trinajstić information content (AvgIpc) is 2.30. The number of rotatable bonds is 6. The molecule has 1 aromatic carbocycles. The van der Waals surface area contributed by atoms with Crippen molar-refractivity contribution in [2.24, 2.45) is 0 Å². The van der Waals surface area contributed by atoms with Gasteiger partial charge in [-0.15, -0.1) is 0 Å². The summed E-state index contributed by atoms with van der Waals surface area (Å²) in [7, 11) is -4.00. The number of halogens is 1. The lowest BCUT2D eigenvalue weighted by atomic mass is 10.2. The third-order valence-corrected chi connectivity index (χ3v) is 3.87. The second-order valence-electron chi connectivity index (χ2n) is 3.67. The molecule has 110 valence electrons. The minimum absolute atomic E-state index is 0.138. The Kier molecular flexibility index (Phi) is 5.52. The molecule has 9 heteroatoms. The highest BCUT2D eigenvalue weighted by Crippen LogP contribution is 2.25. The summed E-state index contributed by atoms with van der Waals surface area (Å²) in [6, 6.07) is 4.10. The predicted octanol–water partition coefficient (Wildman–Crippen LogP) is 1.45. The van der Waals surface area contributed by atoms with Crippen LogP contribution in [0.25, 0.3) is 0 Å². The van der Waals surface area contributed by atoms with E-state index in [0.29, 0.717) is 4.47 Å². The molecule has 0 aromatic heterocycles. The number of carboxylic acid groups (broad SMARTS) is 1. The van der Waals surface area contributed by atoms with Crippen molar-refractivity contribution in [3.05, 3.63) is 28.2 Å². The number of esters is 1. The van der Waals surface area contributed by atoms with Gasteiger partial charge in [-0.25, -0.2) is 13.2 Å². The minimum atomic E-state index is -4.00. The third kappa shape index (κ3) is 4.82. The number of benzene rings is 1. The molecule has 20 heavy (non-hydrogen) atoms. The molecule has 1 aromatic rings. The molecule has 0 aliphatic carbocycles. The molecule has 0 amide bonds. The molecular weight excluding hydrogens is 354 g/mol. The van der Waals surface area contributed by atoms with Crippen molar-refractivity contribution < 1.29 is 27.9 Å². The van der Waals surface area contributed by atoms with Crippen LogP contribution in [0, 0.1) is 0 Å². The molecule has 0 bridgehead atoms. The zero-order valence-electron chi connectivity index (χ0n) is 10.4. The highest BCUT2D eigenvalue weighted by molar-refractivity contribution is 9.10. The van der Waals surface area contributed by atoms with Crippen molar-refractivity contribution in [2.45, 2.75) is 6.92 Å². The summed E-state index contributed by atoms with van der Waals surface area (Å²) in [6.07, 6.45) is 0. The zero-order chi connectivity index (χ0) is 15.3. The first kappa shape index (κ1) is 16.4. The van der Waals surface area contributed by atoms with Gasteiger partial charge in [0.15, 0.2) is 5.75 Å². The Hall–Kier alpha value is -1.61. The van der Waals surface area contributed by atoms with Gasteiger partial charge in [0.05, 0.1) is 17.9 Å². The smallest absolute Gasteiger partial charge is 0.338 e. The fourth-order valence-electron chi connectivity index (χ4n) is 1.31. The number of aliphatic carboxylic acids is 1. The van der Waals surface area contributed by atoms with Gasteiger partial charge in [0.25, 0.3) is 0 Å². The van der Waals surface area contributed by atoms with Crippen molar-refractivity contribution in [1.82, 2.24) is 0 Å². The van der Waals surface area contributed by atoms with E-state index < -0.39 is 27.7 Å². The van der Waals surface area contributed by atoms with E-state index in [4.69, 9.17) is 9.84 Å². The van der Waals surface area contributed by atoms with Crippen LogP contribution >= 0.6 is 15.9 Å². The van der Waals surface area contributed by atoms with Crippen LogP contribution in [0.15, 0.2) is 22.7 Å². The molecule has 0 atom stereocenters. The van der Waals surface area contributed by atoms with Gasteiger partial charge >= 0.3 is 11.9 Å². The van der Waals surface area contributed by atoms with E-state index in [9.17, 15) is 18.0 Å². The van der Waals surface area contributed by atoms with Crippen LogP contribution in [-0.4, -0.2) is 37.8 Å². The monoisotopic (exact) mass is 365 g/mol. The SMILES string of the molecule is CCOC(=O)c1ccc(NS(=O)(=O)CC(=O)O)c(Br)c1. The van der Waals surface area contributed by atoms with Crippen LogP contribution < -0.4 is 4.72 Å². The van der Waals surface area contributed by atoms with Gasteiger partial charge in [0.1, 0.15) is 0 Å². The number of hydrogen-bond acceptors (Lipinski definition) is 5. The summed E-state index contributed by atoms with van der Waals surface area (Å²) >= 11 is 3.10. The summed E-state index contributed by atoms with van der Waals surface area (Å²) in [5, 5.41) is 8.48. The largest absolute Gasteiger partial charge is 0.480 e. The van der Waals surface area contributed by atoms with Crippen molar-refractivity contribution in [3.8, 4) is 0 Å². The van der Waals surface area contributed by atoms with Gasteiger partial charge < -0.3 is 9.84 Å². The number of ether oxygens (including phenoxy) is 1. The topological polar surface area (TPSA) is 110 Å². The van der Waals surface area contributed by atoms with Gasteiger partial charge in [-0.3, -0.25) is 9.52 Å². The maximum absolute atomic E-state index is 11.5. The second kappa shape index (κ2) is 6.71. The zero-order valence-corrected chi connectivity index (χ0v) is 12.8. The number of hydrogen-bond donors (Lipinski definition) is 2. The summed E-state index contributed by atoms with van der Waals surface area (Å²) in [5.74, 6) is -3.04. The number of nitrogens with one attached hydrogen (secondary N) is 1. The molecule has 0 saturated heterocycles. The number of anilines is 1. The van der Waals surface area contributed by atoms with Gasteiger partial charge in [-0.1, -0.05) is 0 Å². The summed E-state index contributed by atoms with van der Waals surface area (Å²) in [5.41, 5.74) is 0.388. The molecule has 0 radical (unpaired) electrons. The maximum atomic E-state index is 11.5. The van der Waals surface area contributed by atoms with Crippen molar-refractivity contribution in [1.29, 1.82) is 0 Å². The summed E-state index contributed by atoms with van der Waals surface area (Å²) in [6.45, 7) is 1.89. The Bertz CT molecular complexity index is 628. The average molecular weight is 366 g/mol. The Morgan fingerprint density at radius 1 is 1.40 bits per heavy atom. The molecule has 7 nitrogen and oxygen atoms in total. The lowest BCUT2D eigenvalue weighted by molar-refractivity contribution is -0.134. The first-order valence-corrected chi connectivity index (χ1v) is 7.88. The molecule has 1 rings (SSSR count). The molecule has 0 unspecified atom stereocenters. The summed E-state index contributed by atoms with van der Waals surface area (Å²) in [4.78, 5) is 21.9. The first-order valence-electron chi connectivity index (χ1n) is 5.44. The van der Waals surface area contributed by atoms with Crippen LogP contribution in [0.3, 0.4) is 0 Å². The molecule has 2 N–H and O–H groups in total. The minimum Gasteiger partial charge on any atom is -0.480 e. The van der Waals surface area contributed by atoms with E-state index in [1.54, 1.807) is 6.92 Å². The Morgan fingerprint density at radius 3 is 2.55 bits per heavy atom. The number of carbonyl (C=O) groups excluding carboxylic acids is 1. The Labute approximate surface area is 124 Å². The van der Waals surface area contributed by atoms with Crippen LogP contribution in [0.1, 0.15) is 17.3 Å². The molecule has 0 heterocycles. The molecular formula is C11H12BrNO6S. The molecule has 0 aliphatic rings. The first-order chi connectivity index (χ1) is 9.25. The van der Waals surface area contributed by atoms with E-state index in [-0.39, 0.29) is 17.9 Å². The Balaban J connectivity index is 2.94. The molecule has 0 saturated carbocycles. The number of carboxylic acids is 1. The number of carbonyl (C=O) groups is 2. The predicted molar refractivity (Wildman–Crippen MR) is 75.1 cm³/mol. The quantitative estimate of drug-likeness (QED) is 0.738. The lowest BCUT2D eigenvalue weighted by Gasteiger charge is -2.09. The highest BCUT2D eigenvalue weighted by atomic mass is 79.9. The fourth-order valence-corrected chi connectivity index (χ4v) is 2.82. The van der Waals surface area contributed by atoms with E-state index in [1.807, 2.05) is 0 Å². The van der Waals surface area contributed by atoms with Crippen molar-refractivity contribution in [3.63, 3.8) is 0 Å². The van der Waals surface area contributed by atoms with Gasteiger partial charge in [0.2, 0.25) is 10.0 Å². The van der Waals surface area contributed by atoms with Crippen LogP contribution in [0.2, 0.25) is 0 Å². The second-order valence-corrected chi connectivity index (χ2v) is 6.25. The normalized spacial score (nSPS) is 10.9. The highest BCUT2D eigenvalue weighted by Gasteiger charge is 2.17.